The molecule has 0 radical (unpaired) electrons. The van der Waals surface area contributed by atoms with Crippen LogP contribution in [0.1, 0.15) is 37.9 Å². The molecule has 0 spiro atoms. The van der Waals surface area contributed by atoms with Gasteiger partial charge in [0.15, 0.2) is 5.16 Å². The number of aromatic nitrogens is 3. The zero-order valence-electron chi connectivity index (χ0n) is 15.8. The maximum atomic E-state index is 4.53. The minimum Gasteiger partial charge on any atom is -0.298 e. The van der Waals surface area contributed by atoms with Crippen LogP contribution in [-0.4, -0.2) is 56.2 Å². The third-order valence-electron chi connectivity index (χ3n) is 4.76. The summed E-state index contributed by atoms with van der Waals surface area (Å²) in [6, 6.07) is 6.15. The van der Waals surface area contributed by atoms with Crippen LogP contribution in [0.2, 0.25) is 0 Å². The van der Waals surface area contributed by atoms with Crippen molar-refractivity contribution < 1.29 is 0 Å². The highest BCUT2D eigenvalue weighted by atomic mass is 32.2. The van der Waals surface area contributed by atoms with Gasteiger partial charge in [0.05, 0.1) is 5.69 Å². The highest BCUT2D eigenvalue weighted by Gasteiger charge is 2.16. The van der Waals surface area contributed by atoms with E-state index in [0.717, 1.165) is 56.5 Å². The lowest BCUT2D eigenvalue weighted by Gasteiger charge is -2.21. The Balaban J connectivity index is 1.48. The van der Waals surface area contributed by atoms with E-state index in [-0.39, 0.29) is 0 Å². The summed E-state index contributed by atoms with van der Waals surface area (Å²) in [5.74, 6) is 0. The summed E-state index contributed by atoms with van der Waals surface area (Å²) in [6.45, 7) is 10.7. The van der Waals surface area contributed by atoms with Gasteiger partial charge in [0.2, 0.25) is 0 Å². The molecule has 26 heavy (non-hydrogen) atoms. The van der Waals surface area contributed by atoms with Crippen LogP contribution in [0.15, 0.2) is 41.9 Å². The van der Waals surface area contributed by atoms with Gasteiger partial charge in [-0.1, -0.05) is 31.7 Å². The first-order valence-corrected chi connectivity index (χ1v) is 10.4. The zero-order chi connectivity index (χ0) is 18.2. The van der Waals surface area contributed by atoms with Crippen LogP contribution in [0, 0.1) is 0 Å². The number of thioether (sulfide) groups is 1. The van der Waals surface area contributed by atoms with Crippen LogP contribution >= 0.6 is 11.8 Å². The molecule has 3 heterocycles. The van der Waals surface area contributed by atoms with Gasteiger partial charge in [-0.3, -0.25) is 14.8 Å². The van der Waals surface area contributed by atoms with Gasteiger partial charge in [-0.25, -0.2) is 9.97 Å². The van der Waals surface area contributed by atoms with Crippen molar-refractivity contribution in [3.05, 3.63) is 48.0 Å². The van der Waals surface area contributed by atoms with E-state index < -0.39 is 0 Å². The van der Waals surface area contributed by atoms with Crippen LogP contribution in [-0.2, 0) is 13.1 Å². The van der Waals surface area contributed by atoms with E-state index in [9.17, 15) is 0 Å². The van der Waals surface area contributed by atoms with E-state index in [0.29, 0.717) is 5.25 Å². The van der Waals surface area contributed by atoms with Crippen molar-refractivity contribution in [2.24, 2.45) is 0 Å². The molecule has 6 heteroatoms. The topological polar surface area (TPSA) is 45.2 Å². The van der Waals surface area contributed by atoms with Crippen molar-refractivity contribution in [3.8, 4) is 0 Å². The van der Waals surface area contributed by atoms with Crippen LogP contribution < -0.4 is 0 Å². The number of pyridine rings is 1. The maximum absolute atomic E-state index is 4.53. The molecule has 0 amide bonds. The van der Waals surface area contributed by atoms with Gasteiger partial charge in [-0.05, 0) is 38.1 Å². The van der Waals surface area contributed by atoms with Gasteiger partial charge in [-0.15, -0.1) is 0 Å². The Kier molecular flexibility index (Phi) is 7.41. The molecule has 3 rings (SSSR count). The first-order valence-electron chi connectivity index (χ1n) is 9.55. The Morgan fingerprint density at radius 2 is 1.73 bits per heavy atom. The molecule has 2 aromatic rings. The summed E-state index contributed by atoms with van der Waals surface area (Å²) < 4.78 is 0. The number of rotatable bonds is 7. The first-order chi connectivity index (χ1) is 12.7. The maximum Gasteiger partial charge on any atom is 0.187 e. The standard InChI is InChI=1S/C20H29N5S/c1-3-17(2)26-20-22-13-18(14-23-20)15-24-9-6-10-25(12-11-24)16-19-7-4-5-8-21-19/h4-5,7-8,13-14,17H,3,6,9-12,15-16H2,1-2H3/t17-/m1/s1. The largest absolute Gasteiger partial charge is 0.298 e. The summed E-state index contributed by atoms with van der Waals surface area (Å²) in [5.41, 5.74) is 2.36. The zero-order valence-corrected chi connectivity index (χ0v) is 16.7. The van der Waals surface area contributed by atoms with Crippen molar-refractivity contribution in [2.75, 3.05) is 26.2 Å². The van der Waals surface area contributed by atoms with E-state index >= 15 is 0 Å². The summed E-state index contributed by atoms with van der Waals surface area (Å²) in [7, 11) is 0. The highest BCUT2D eigenvalue weighted by Crippen LogP contribution is 2.21. The van der Waals surface area contributed by atoms with Crippen LogP contribution in [0.25, 0.3) is 0 Å². The van der Waals surface area contributed by atoms with E-state index in [2.05, 4.69) is 50.7 Å². The lowest BCUT2D eigenvalue weighted by atomic mass is 10.3. The van der Waals surface area contributed by atoms with Crippen molar-refractivity contribution >= 4 is 11.8 Å². The van der Waals surface area contributed by atoms with Crippen molar-refractivity contribution in [1.82, 2.24) is 24.8 Å². The van der Waals surface area contributed by atoms with Crippen molar-refractivity contribution in [2.45, 2.75) is 50.2 Å². The Bertz CT molecular complexity index is 649. The van der Waals surface area contributed by atoms with Gasteiger partial charge >= 0.3 is 0 Å². The number of hydrogen-bond donors (Lipinski definition) is 0. The van der Waals surface area contributed by atoms with Gasteiger partial charge in [0, 0.05) is 55.6 Å². The fourth-order valence-electron chi connectivity index (χ4n) is 3.07. The lowest BCUT2D eigenvalue weighted by Crippen LogP contribution is -2.30. The summed E-state index contributed by atoms with van der Waals surface area (Å²) in [6.07, 6.45) is 8.19. The Labute approximate surface area is 161 Å². The normalized spacial score (nSPS) is 17.8. The number of hydrogen-bond acceptors (Lipinski definition) is 6. The lowest BCUT2D eigenvalue weighted by molar-refractivity contribution is 0.245. The molecule has 1 aliphatic rings. The van der Waals surface area contributed by atoms with Crippen molar-refractivity contribution in [1.29, 1.82) is 0 Å². The summed E-state index contributed by atoms with van der Waals surface area (Å²) >= 11 is 1.75. The minimum absolute atomic E-state index is 0.566. The monoisotopic (exact) mass is 371 g/mol. The van der Waals surface area contributed by atoms with Crippen molar-refractivity contribution in [3.63, 3.8) is 0 Å². The predicted octanol–water partition coefficient (Wildman–Crippen LogP) is 3.47. The second-order valence-electron chi connectivity index (χ2n) is 6.94. The Morgan fingerprint density at radius 3 is 2.38 bits per heavy atom. The molecule has 2 aromatic heterocycles. The molecule has 1 saturated heterocycles. The molecule has 0 aromatic carbocycles. The third-order valence-corrected chi connectivity index (χ3v) is 5.92. The first kappa shape index (κ1) is 19.3. The molecule has 5 nitrogen and oxygen atoms in total. The van der Waals surface area contributed by atoms with E-state index in [1.165, 1.54) is 12.0 Å². The molecule has 140 valence electrons. The summed E-state index contributed by atoms with van der Waals surface area (Å²) in [4.78, 5) is 18.5. The quantitative estimate of drug-likeness (QED) is 0.548. The number of nitrogens with zero attached hydrogens (tertiary/aromatic N) is 5. The average molecular weight is 372 g/mol. The molecular weight excluding hydrogens is 342 g/mol. The van der Waals surface area contributed by atoms with E-state index in [1.807, 2.05) is 24.7 Å². The fraction of sp³-hybridized carbons (Fsp3) is 0.550. The predicted molar refractivity (Wildman–Crippen MR) is 107 cm³/mol. The molecule has 0 unspecified atom stereocenters. The Hall–Kier alpha value is -1.50. The second-order valence-corrected chi connectivity index (χ2v) is 8.34. The smallest absolute Gasteiger partial charge is 0.187 e. The average Bonchev–Trinajstić information content (AvgIpc) is 2.89. The summed E-state index contributed by atoms with van der Waals surface area (Å²) in [5, 5.41) is 1.46. The molecule has 0 N–H and O–H groups in total. The molecule has 1 atom stereocenters. The third kappa shape index (κ3) is 6.04. The fourth-order valence-corrected chi connectivity index (χ4v) is 3.82. The molecule has 1 fully saturated rings. The molecule has 1 aliphatic heterocycles. The van der Waals surface area contributed by atoms with E-state index in [4.69, 9.17) is 0 Å². The van der Waals surface area contributed by atoms with Crippen LogP contribution in [0.5, 0.6) is 0 Å². The van der Waals surface area contributed by atoms with Gasteiger partial charge in [0.1, 0.15) is 0 Å². The van der Waals surface area contributed by atoms with Gasteiger partial charge < -0.3 is 0 Å². The molecular formula is C20H29N5S. The second kappa shape index (κ2) is 10.00. The molecule has 0 saturated carbocycles. The van der Waals surface area contributed by atoms with E-state index in [1.54, 1.807) is 11.8 Å². The van der Waals surface area contributed by atoms with Crippen LogP contribution in [0.4, 0.5) is 0 Å². The Morgan fingerprint density at radius 1 is 1.00 bits per heavy atom. The minimum atomic E-state index is 0.566. The molecule has 0 bridgehead atoms. The van der Waals surface area contributed by atoms with Crippen LogP contribution in [0.3, 0.4) is 0 Å². The SMILES string of the molecule is CC[C@@H](C)Sc1ncc(CN2CCCN(Cc3ccccn3)CC2)cn1. The van der Waals surface area contributed by atoms with Gasteiger partial charge in [0.25, 0.3) is 0 Å². The highest BCUT2D eigenvalue weighted by molar-refractivity contribution is 7.99. The van der Waals surface area contributed by atoms with Gasteiger partial charge in [-0.2, -0.15) is 0 Å². The molecule has 0 aliphatic carbocycles.